The fourth-order valence-electron chi connectivity index (χ4n) is 4.65. The molecule has 5 nitrogen and oxygen atoms in total. The number of benzene rings is 2. The van der Waals surface area contributed by atoms with Gasteiger partial charge in [0.15, 0.2) is 11.5 Å². The molecule has 0 spiro atoms. The van der Waals surface area contributed by atoms with Crippen molar-refractivity contribution in [3.63, 3.8) is 0 Å². The van der Waals surface area contributed by atoms with Crippen LogP contribution < -0.4 is 0 Å². The highest BCUT2D eigenvalue weighted by molar-refractivity contribution is 6.31. The topological polar surface area (TPSA) is 70.8 Å². The Morgan fingerprint density at radius 3 is 2.52 bits per heavy atom. The second-order valence-corrected chi connectivity index (χ2v) is 8.43. The first-order valence-corrected chi connectivity index (χ1v) is 10.6. The molecular weight excluding hydrogens is 421 g/mol. The van der Waals surface area contributed by atoms with Crippen molar-refractivity contribution in [2.24, 2.45) is 0 Å². The van der Waals surface area contributed by atoms with Crippen LogP contribution in [0.5, 0.6) is 0 Å². The summed E-state index contributed by atoms with van der Waals surface area (Å²) in [6.07, 6.45) is 3.53. The molecule has 1 atom stereocenters. The zero-order chi connectivity index (χ0) is 21.7. The van der Waals surface area contributed by atoms with Crippen LogP contribution in [-0.2, 0) is 4.79 Å². The second-order valence-electron chi connectivity index (χ2n) is 7.99. The minimum Gasteiger partial charge on any atom is -0.503 e. The van der Waals surface area contributed by atoms with E-state index in [1.165, 1.54) is 12.1 Å². The van der Waals surface area contributed by atoms with Crippen LogP contribution in [-0.4, -0.2) is 27.7 Å². The molecule has 2 aliphatic rings. The van der Waals surface area contributed by atoms with E-state index in [4.69, 9.17) is 16.0 Å². The number of amides is 1. The number of nitrogens with zero attached hydrogens (tertiary/aromatic N) is 1. The van der Waals surface area contributed by atoms with Crippen LogP contribution in [0.15, 0.2) is 64.3 Å². The van der Waals surface area contributed by atoms with Gasteiger partial charge in [-0.3, -0.25) is 9.59 Å². The van der Waals surface area contributed by atoms with E-state index in [1.54, 1.807) is 41.3 Å². The fourth-order valence-corrected chi connectivity index (χ4v) is 4.83. The van der Waals surface area contributed by atoms with Crippen molar-refractivity contribution in [3.8, 4) is 0 Å². The summed E-state index contributed by atoms with van der Waals surface area (Å²) in [6.45, 7) is 0. The number of furan rings is 1. The maximum atomic E-state index is 13.6. The Balaban J connectivity index is 1.61. The Labute approximate surface area is 182 Å². The van der Waals surface area contributed by atoms with Crippen LogP contribution in [0.3, 0.4) is 0 Å². The van der Waals surface area contributed by atoms with Gasteiger partial charge in [-0.05, 0) is 54.8 Å². The zero-order valence-electron chi connectivity index (χ0n) is 16.5. The van der Waals surface area contributed by atoms with E-state index < -0.39 is 29.3 Å². The number of hydrogen-bond acceptors (Lipinski definition) is 4. The zero-order valence-corrected chi connectivity index (χ0v) is 17.2. The molecule has 1 aliphatic carbocycles. The minimum absolute atomic E-state index is 0.00648. The third-order valence-electron chi connectivity index (χ3n) is 6.09. The van der Waals surface area contributed by atoms with E-state index in [0.29, 0.717) is 21.6 Å². The van der Waals surface area contributed by atoms with E-state index in [-0.39, 0.29) is 17.4 Å². The fraction of sp³-hybridized carbons (Fsp3) is 0.250. The van der Waals surface area contributed by atoms with Gasteiger partial charge in [0.25, 0.3) is 5.91 Å². The maximum absolute atomic E-state index is 13.6. The molecule has 0 radical (unpaired) electrons. The number of carbonyl (C=O) groups excluding carboxylic acids is 2. The van der Waals surface area contributed by atoms with Crippen LogP contribution in [0.1, 0.15) is 47.8 Å². The van der Waals surface area contributed by atoms with Crippen LogP contribution in [0.4, 0.5) is 4.39 Å². The molecule has 2 heterocycles. The molecule has 1 amide bonds. The van der Waals surface area contributed by atoms with E-state index >= 15 is 0 Å². The lowest BCUT2D eigenvalue weighted by molar-refractivity contribution is -0.131. The van der Waals surface area contributed by atoms with Crippen molar-refractivity contribution in [1.29, 1.82) is 0 Å². The van der Waals surface area contributed by atoms with Crippen LogP contribution in [0, 0.1) is 5.82 Å². The SMILES string of the molecule is O=C(C1=C(O)C(=O)N(C2CCCC2)C1c1ccc(F)cc1)c1cc2cc(Cl)ccc2o1. The summed E-state index contributed by atoms with van der Waals surface area (Å²) in [5.41, 5.74) is 0.991. The lowest BCUT2D eigenvalue weighted by Gasteiger charge is -2.32. The summed E-state index contributed by atoms with van der Waals surface area (Å²) < 4.78 is 19.3. The normalized spacial score (nSPS) is 19.7. The lowest BCUT2D eigenvalue weighted by atomic mass is 9.94. The number of aliphatic hydroxyl groups excluding tert-OH is 1. The van der Waals surface area contributed by atoms with Crippen LogP contribution >= 0.6 is 11.6 Å². The average molecular weight is 440 g/mol. The Bertz CT molecular complexity index is 1220. The first-order valence-electron chi connectivity index (χ1n) is 10.2. The third-order valence-corrected chi connectivity index (χ3v) is 6.33. The molecule has 0 bridgehead atoms. The number of carbonyl (C=O) groups is 2. The molecule has 1 aromatic heterocycles. The summed E-state index contributed by atoms with van der Waals surface area (Å²) in [5, 5.41) is 11.9. The number of hydrogen-bond donors (Lipinski definition) is 1. The molecule has 1 saturated carbocycles. The molecule has 31 heavy (non-hydrogen) atoms. The van der Waals surface area contributed by atoms with Gasteiger partial charge in [-0.25, -0.2) is 4.39 Å². The smallest absolute Gasteiger partial charge is 0.290 e. The molecule has 3 aromatic rings. The molecule has 158 valence electrons. The van der Waals surface area contributed by atoms with Gasteiger partial charge in [-0.1, -0.05) is 36.6 Å². The Kier molecular flexibility index (Phi) is 4.82. The van der Waals surface area contributed by atoms with Gasteiger partial charge in [0.2, 0.25) is 5.78 Å². The predicted octanol–water partition coefficient (Wildman–Crippen LogP) is 5.75. The van der Waals surface area contributed by atoms with Gasteiger partial charge < -0.3 is 14.4 Å². The summed E-state index contributed by atoms with van der Waals surface area (Å²) in [7, 11) is 0. The molecule has 5 rings (SSSR count). The van der Waals surface area contributed by atoms with Gasteiger partial charge in [-0.15, -0.1) is 0 Å². The molecule has 1 aliphatic heterocycles. The van der Waals surface area contributed by atoms with Crippen molar-refractivity contribution in [2.45, 2.75) is 37.8 Å². The molecule has 0 saturated heterocycles. The predicted molar refractivity (Wildman–Crippen MR) is 113 cm³/mol. The van der Waals surface area contributed by atoms with Gasteiger partial charge in [0.1, 0.15) is 11.4 Å². The number of ketones is 1. The van der Waals surface area contributed by atoms with Gasteiger partial charge in [-0.2, -0.15) is 0 Å². The summed E-state index contributed by atoms with van der Waals surface area (Å²) in [6, 6.07) is 11.3. The van der Waals surface area contributed by atoms with Gasteiger partial charge in [0, 0.05) is 16.5 Å². The second kappa shape index (κ2) is 7.54. The van der Waals surface area contributed by atoms with Crippen molar-refractivity contribution in [3.05, 3.63) is 82.0 Å². The minimum atomic E-state index is -0.805. The Morgan fingerprint density at radius 1 is 1.10 bits per heavy atom. The average Bonchev–Trinajstić information content (AvgIpc) is 3.47. The monoisotopic (exact) mass is 439 g/mol. The number of rotatable bonds is 4. The number of aliphatic hydroxyl groups is 1. The highest BCUT2D eigenvalue weighted by Gasteiger charge is 2.47. The number of halogens is 2. The molecule has 1 unspecified atom stereocenters. The quantitative estimate of drug-likeness (QED) is 0.526. The van der Waals surface area contributed by atoms with Crippen molar-refractivity contribution >= 4 is 34.3 Å². The maximum Gasteiger partial charge on any atom is 0.290 e. The van der Waals surface area contributed by atoms with E-state index in [9.17, 15) is 19.1 Å². The highest BCUT2D eigenvalue weighted by Crippen LogP contribution is 2.43. The van der Waals surface area contributed by atoms with Crippen molar-refractivity contribution in [1.82, 2.24) is 4.90 Å². The Hall–Kier alpha value is -3.12. The highest BCUT2D eigenvalue weighted by atomic mass is 35.5. The first-order chi connectivity index (χ1) is 14.9. The molecule has 7 heteroatoms. The van der Waals surface area contributed by atoms with E-state index in [1.807, 2.05) is 0 Å². The van der Waals surface area contributed by atoms with Gasteiger partial charge in [0.05, 0.1) is 11.6 Å². The standard InChI is InChI=1S/C24H19ClFNO4/c25-15-7-10-18-14(11-15)12-19(31-18)22(28)20-21(13-5-8-16(26)9-6-13)27(24(30)23(20)29)17-3-1-2-4-17/h5-12,17,21,29H,1-4H2. The van der Waals surface area contributed by atoms with E-state index in [0.717, 1.165) is 25.7 Å². The largest absolute Gasteiger partial charge is 0.503 e. The molecule has 1 fully saturated rings. The third kappa shape index (κ3) is 3.31. The summed E-state index contributed by atoms with van der Waals surface area (Å²) in [5.74, 6) is -2.15. The molecule has 2 aromatic carbocycles. The van der Waals surface area contributed by atoms with Crippen molar-refractivity contribution in [2.75, 3.05) is 0 Å². The molecular formula is C24H19ClFNO4. The Morgan fingerprint density at radius 2 is 1.81 bits per heavy atom. The molecule has 1 N–H and O–H groups in total. The van der Waals surface area contributed by atoms with Crippen LogP contribution in [0.2, 0.25) is 5.02 Å². The number of Topliss-reactive ketones (excluding diaryl/α,β-unsaturated/α-hetero) is 1. The summed E-state index contributed by atoms with van der Waals surface area (Å²) >= 11 is 6.03. The first kappa shape index (κ1) is 19.8. The van der Waals surface area contributed by atoms with Gasteiger partial charge >= 0.3 is 0 Å². The lowest BCUT2D eigenvalue weighted by Crippen LogP contribution is -2.38. The van der Waals surface area contributed by atoms with E-state index in [2.05, 4.69) is 0 Å². The number of fused-ring (bicyclic) bond motifs is 1. The summed E-state index contributed by atoms with van der Waals surface area (Å²) in [4.78, 5) is 28.1. The van der Waals surface area contributed by atoms with Crippen molar-refractivity contribution < 1.29 is 23.5 Å². The van der Waals surface area contributed by atoms with Crippen LogP contribution in [0.25, 0.3) is 11.0 Å².